The zero-order valence-corrected chi connectivity index (χ0v) is 15.3. The van der Waals surface area contributed by atoms with Crippen molar-refractivity contribution in [1.82, 2.24) is 10.3 Å². The highest BCUT2D eigenvalue weighted by atomic mass is 79.9. The highest BCUT2D eigenvalue weighted by Gasteiger charge is 2.21. The van der Waals surface area contributed by atoms with Crippen LogP contribution in [0.2, 0.25) is 0 Å². The Kier molecular flexibility index (Phi) is 5.19. The molecule has 0 unspecified atom stereocenters. The van der Waals surface area contributed by atoms with Gasteiger partial charge >= 0.3 is 0 Å². The minimum Gasteiger partial charge on any atom is -0.361 e. The fourth-order valence-electron chi connectivity index (χ4n) is 2.77. The number of nitrogens with one attached hydrogen (secondary N) is 3. The minimum atomic E-state index is -0.657. The van der Waals surface area contributed by atoms with Gasteiger partial charge in [0.1, 0.15) is 6.04 Å². The van der Waals surface area contributed by atoms with E-state index in [1.54, 1.807) is 6.07 Å². The van der Waals surface area contributed by atoms with Crippen LogP contribution in [0.4, 0.5) is 5.69 Å². The van der Waals surface area contributed by atoms with Crippen LogP contribution in [0.3, 0.4) is 0 Å². The summed E-state index contributed by atoms with van der Waals surface area (Å²) < 4.78 is 0.873. The summed E-state index contributed by atoms with van der Waals surface area (Å²) >= 11 is 3.38. The molecule has 0 saturated heterocycles. The fraction of sp³-hybridized carbons (Fsp3) is 0.158. The van der Waals surface area contributed by atoms with Crippen LogP contribution >= 0.6 is 15.9 Å². The van der Waals surface area contributed by atoms with Gasteiger partial charge in [0.05, 0.1) is 0 Å². The number of hydrogen-bond acceptors (Lipinski definition) is 2. The molecule has 2 aromatic carbocycles. The summed E-state index contributed by atoms with van der Waals surface area (Å²) in [6, 6.07) is 14.6. The molecule has 3 aromatic rings. The molecule has 3 rings (SSSR count). The van der Waals surface area contributed by atoms with E-state index < -0.39 is 6.04 Å². The molecular weight excluding hydrogens is 382 g/mol. The number of carbonyl (C=O) groups is 2. The highest BCUT2D eigenvalue weighted by Crippen LogP contribution is 2.20. The number of halogens is 1. The number of rotatable bonds is 5. The Bertz CT molecular complexity index is 920. The first-order valence-electron chi connectivity index (χ1n) is 7.91. The van der Waals surface area contributed by atoms with E-state index in [0.29, 0.717) is 12.1 Å². The van der Waals surface area contributed by atoms with Crippen LogP contribution in [0.5, 0.6) is 0 Å². The molecule has 25 heavy (non-hydrogen) atoms. The third kappa shape index (κ3) is 4.28. The van der Waals surface area contributed by atoms with Crippen LogP contribution < -0.4 is 10.6 Å². The number of anilines is 1. The lowest BCUT2D eigenvalue weighted by Crippen LogP contribution is -2.44. The average Bonchev–Trinajstić information content (AvgIpc) is 2.97. The van der Waals surface area contributed by atoms with Gasteiger partial charge in [-0.05, 0) is 29.8 Å². The van der Waals surface area contributed by atoms with E-state index >= 15 is 0 Å². The molecule has 3 N–H and O–H groups in total. The zero-order chi connectivity index (χ0) is 17.8. The predicted molar refractivity (Wildman–Crippen MR) is 102 cm³/mol. The Labute approximate surface area is 153 Å². The van der Waals surface area contributed by atoms with E-state index in [1.807, 2.05) is 48.7 Å². The summed E-state index contributed by atoms with van der Waals surface area (Å²) in [7, 11) is 0. The summed E-state index contributed by atoms with van der Waals surface area (Å²) in [5.41, 5.74) is 2.67. The number of hydrogen-bond donors (Lipinski definition) is 3. The van der Waals surface area contributed by atoms with E-state index in [-0.39, 0.29) is 11.8 Å². The fourth-order valence-corrected chi connectivity index (χ4v) is 3.17. The lowest BCUT2D eigenvalue weighted by Gasteiger charge is -2.17. The van der Waals surface area contributed by atoms with Crippen LogP contribution in [0.15, 0.2) is 59.2 Å². The first-order chi connectivity index (χ1) is 12.0. The van der Waals surface area contributed by atoms with Crippen molar-refractivity contribution in [3.05, 3.63) is 64.8 Å². The van der Waals surface area contributed by atoms with Crippen LogP contribution in [0, 0.1) is 0 Å². The molecule has 0 saturated carbocycles. The lowest BCUT2D eigenvalue weighted by molar-refractivity contribution is -0.125. The van der Waals surface area contributed by atoms with E-state index in [4.69, 9.17) is 0 Å². The second kappa shape index (κ2) is 7.53. The van der Waals surface area contributed by atoms with Gasteiger partial charge in [0, 0.05) is 40.6 Å². The number of amides is 2. The summed E-state index contributed by atoms with van der Waals surface area (Å²) in [5.74, 6) is -0.493. The second-order valence-corrected chi connectivity index (χ2v) is 6.73. The first kappa shape index (κ1) is 17.2. The van der Waals surface area contributed by atoms with Gasteiger partial charge in [-0.1, -0.05) is 40.2 Å². The normalized spacial score (nSPS) is 11.9. The van der Waals surface area contributed by atoms with Crippen molar-refractivity contribution in [2.75, 3.05) is 5.32 Å². The molecule has 0 spiro atoms. The molecule has 0 aliphatic carbocycles. The van der Waals surface area contributed by atoms with Crippen molar-refractivity contribution in [1.29, 1.82) is 0 Å². The summed E-state index contributed by atoms with van der Waals surface area (Å²) in [6.45, 7) is 1.41. The molecule has 1 atom stereocenters. The molecular formula is C19H18BrN3O2. The van der Waals surface area contributed by atoms with Gasteiger partial charge in [-0.25, -0.2) is 0 Å². The molecule has 0 aliphatic heterocycles. The van der Waals surface area contributed by atoms with Gasteiger partial charge in [0.25, 0.3) is 0 Å². The molecule has 0 bridgehead atoms. The molecule has 0 fully saturated rings. The Morgan fingerprint density at radius 1 is 1.16 bits per heavy atom. The van der Waals surface area contributed by atoms with Crippen molar-refractivity contribution in [3.8, 4) is 0 Å². The van der Waals surface area contributed by atoms with Gasteiger partial charge in [-0.15, -0.1) is 0 Å². The molecule has 0 radical (unpaired) electrons. The van der Waals surface area contributed by atoms with E-state index in [2.05, 4.69) is 31.5 Å². The van der Waals surface area contributed by atoms with Crippen molar-refractivity contribution in [2.45, 2.75) is 19.4 Å². The average molecular weight is 400 g/mol. The van der Waals surface area contributed by atoms with Crippen molar-refractivity contribution >= 4 is 44.3 Å². The second-order valence-electron chi connectivity index (χ2n) is 5.82. The van der Waals surface area contributed by atoms with Crippen LogP contribution in [0.1, 0.15) is 12.5 Å². The van der Waals surface area contributed by atoms with Crippen molar-refractivity contribution < 1.29 is 9.59 Å². The van der Waals surface area contributed by atoms with Crippen LogP contribution in [-0.4, -0.2) is 22.8 Å². The third-order valence-corrected chi connectivity index (χ3v) is 4.38. The number of fused-ring (bicyclic) bond motifs is 1. The van der Waals surface area contributed by atoms with Crippen LogP contribution in [0.25, 0.3) is 10.9 Å². The van der Waals surface area contributed by atoms with Gasteiger partial charge in [0.15, 0.2) is 0 Å². The lowest BCUT2D eigenvalue weighted by atomic mass is 10.0. The van der Waals surface area contributed by atoms with Crippen molar-refractivity contribution in [3.63, 3.8) is 0 Å². The third-order valence-electron chi connectivity index (χ3n) is 3.89. The predicted octanol–water partition coefficient (Wildman–Crippen LogP) is 3.62. The number of para-hydroxylation sites is 1. The summed E-state index contributed by atoms with van der Waals surface area (Å²) in [6.07, 6.45) is 2.29. The zero-order valence-electron chi connectivity index (χ0n) is 13.7. The highest BCUT2D eigenvalue weighted by molar-refractivity contribution is 9.10. The molecule has 128 valence electrons. The Morgan fingerprint density at radius 2 is 1.96 bits per heavy atom. The summed E-state index contributed by atoms with van der Waals surface area (Å²) in [4.78, 5) is 27.4. The van der Waals surface area contributed by atoms with Gasteiger partial charge in [-0.2, -0.15) is 0 Å². The Hall–Kier alpha value is -2.60. The molecule has 0 aliphatic rings. The maximum Gasteiger partial charge on any atom is 0.247 e. The largest absolute Gasteiger partial charge is 0.361 e. The quantitative estimate of drug-likeness (QED) is 0.612. The SMILES string of the molecule is CC(=O)N[C@@H](Cc1c[nH]c2ccccc12)C(=O)Nc1cccc(Br)c1. The molecule has 1 heterocycles. The Balaban J connectivity index is 1.81. The monoisotopic (exact) mass is 399 g/mol. The van der Waals surface area contributed by atoms with E-state index in [1.165, 1.54) is 6.92 Å². The summed E-state index contributed by atoms with van der Waals surface area (Å²) in [5, 5.41) is 6.64. The van der Waals surface area contributed by atoms with Gasteiger partial charge in [-0.3, -0.25) is 9.59 Å². The number of aromatic amines is 1. The molecule has 6 heteroatoms. The topological polar surface area (TPSA) is 74.0 Å². The minimum absolute atomic E-state index is 0.241. The number of aromatic nitrogens is 1. The van der Waals surface area contributed by atoms with E-state index in [0.717, 1.165) is 20.9 Å². The maximum atomic E-state index is 12.7. The van der Waals surface area contributed by atoms with E-state index in [9.17, 15) is 9.59 Å². The first-order valence-corrected chi connectivity index (χ1v) is 8.71. The van der Waals surface area contributed by atoms with Gasteiger partial charge < -0.3 is 15.6 Å². The maximum absolute atomic E-state index is 12.7. The molecule has 1 aromatic heterocycles. The van der Waals surface area contributed by atoms with Gasteiger partial charge in [0.2, 0.25) is 11.8 Å². The molecule has 5 nitrogen and oxygen atoms in total. The van der Waals surface area contributed by atoms with Crippen molar-refractivity contribution in [2.24, 2.45) is 0 Å². The molecule has 2 amide bonds. The number of H-pyrrole nitrogens is 1. The number of benzene rings is 2. The Morgan fingerprint density at radius 3 is 2.72 bits per heavy atom. The smallest absolute Gasteiger partial charge is 0.247 e. The number of carbonyl (C=O) groups excluding carboxylic acids is 2. The standard InChI is InChI=1S/C19H18BrN3O2/c1-12(24)22-18(19(25)23-15-6-4-5-14(20)10-15)9-13-11-21-17-8-3-2-7-16(13)17/h2-8,10-11,18,21H,9H2,1H3,(H,22,24)(H,23,25)/t18-/m0/s1. The van der Waals surface area contributed by atoms with Crippen LogP contribution in [-0.2, 0) is 16.0 Å².